The van der Waals surface area contributed by atoms with E-state index in [1.165, 1.54) is 0 Å². The molecule has 0 aromatic heterocycles. The Morgan fingerprint density at radius 1 is 1.45 bits per heavy atom. The summed E-state index contributed by atoms with van der Waals surface area (Å²) in [6, 6.07) is 5.39. The largest absolute Gasteiger partial charge is 0.487 e. The number of esters is 1. The highest BCUT2D eigenvalue weighted by atomic mass is 35.5. The van der Waals surface area contributed by atoms with E-state index in [9.17, 15) is 9.90 Å². The molecule has 1 aliphatic heterocycles. The molecule has 1 N–H and O–H groups in total. The number of halogens is 1. The number of hydrogen-bond donors (Lipinski definition) is 1. The fourth-order valence-corrected chi connectivity index (χ4v) is 2.86. The molecule has 2 rings (SSSR count). The first kappa shape index (κ1) is 17.1. The maximum atomic E-state index is 12.2. The Morgan fingerprint density at radius 3 is 2.68 bits per heavy atom. The van der Waals surface area contributed by atoms with Crippen molar-refractivity contribution in [2.45, 2.75) is 58.3 Å². The van der Waals surface area contributed by atoms with E-state index in [1.54, 1.807) is 32.9 Å². The number of fused-ring (bicyclic) bond motifs is 1. The highest BCUT2D eigenvalue weighted by molar-refractivity contribution is 6.30. The minimum absolute atomic E-state index is 0.409. The third-order valence-corrected chi connectivity index (χ3v) is 3.99. The lowest BCUT2D eigenvalue weighted by Gasteiger charge is -2.41. The van der Waals surface area contributed by atoms with Crippen molar-refractivity contribution < 1.29 is 19.4 Å². The van der Waals surface area contributed by atoms with Gasteiger partial charge in [-0.05, 0) is 64.8 Å². The van der Waals surface area contributed by atoms with E-state index >= 15 is 0 Å². The Bertz CT molecular complexity index is 575. The SMILES string of the molecule is CC(C)(C)OC(=O)[C@@H](O)C1Cc2cc(Cl)ccc2OC1(C)C. The van der Waals surface area contributed by atoms with Crippen LogP contribution in [0.1, 0.15) is 40.2 Å². The number of ether oxygens (including phenoxy) is 2. The lowest BCUT2D eigenvalue weighted by atomic mass is 9.79. The summed E-state index contributed by atoms with van der Waals surface area (Å²) in [4.78, 5) is 12.2. The van der Waals surface area contributed by atoms with Crippen LogP contribution in [0.15, 0.2) is 18.2 Å². The van der Waals surface area contributed by atoms with E-state index in [0.717, 1.165) is 11.3 Å². The Hall–Kier alpha value is -1.26. The van der Waals surface area contributed by atoms with Crippen LogP contribution in [0.5, 0.6) is 5.75 Å². The number of rotatable bonds is 2. The predicted molar refractivity (Wildman–Crippen MR) is 85.2 cm³/mol. The van der Waals surface area contributed by atoms with Gasteiger partial charge in [-0.25, -0.2) is 4.79 Å². The fraction of sp³-hybridized carbons (Fsp3) is 0.588. The molecule has 5 heteroatoms. The Kier molecular flexibility index (Phi) is 4.46. The van der Waals surface area contributed by atoms with Gasteiger partial charge >= 0.3 is 5.97 Å². The molecule has 122 valence electrons. The van der Waals surface area contributed by atoms with Crippen molar-refractivity contribution in [3.05, 3.63) is 28.8 Å². The van der Waals surface area contributed by atoms with Gasteiger partial charge in [0.15, 0.2) is 6.10 Å². The maximum Gasteiger partial charge on any atom is 0.335 e. The summed E-state index contributed by atoms with van der Waals surface area (Å²) < 4.78 is 11.2. The van der Waals surface area contributed by atoms with Gasteiger partial charge in [0.05, 0.1) is 0 Å². The highest BCUT2D eigenvalue weighted by Gasteiger charge is 2.45. The van der Waals surface area contributed by atoms with Gasteiger partial charge in [-0.1, -0.05) is 11.6 Å². The molecule has 0 spiro atoms. The third kappa shape index (κ3) is 3.73. The first-order chi connectivity index (χ1) is 9.99. The van der Waals surface area contributed by atoms with Crippen LogP contribution in [-0.4, -0.2) is 28.4 Å². The lowest BCUT2D eigenvalue weighted by molar-refractivity contribution is -0.173. The van der Waals surface area contributed by atoms with Crippen LogP contribution in [-0.2, 0) is 16.0 Å². The molecule has 0 aliphatic carbocycles. The van der Waals surface area contributed by atoms with Crippen LogP contribution in [0.2, 0.25) is 5.02 Å². The van der Waals surface area contributed by atoms with E-state index in [2.05, 4.69) is 0 Å². The van der Waals surface area contributed by atoms with Gasteiger partial charge in [0.2, 0.25) is 0 Å². The maximum absolute atomic E-state index is 12.2. The van der Waals surface area contributed by atoms with Crippen LogP contribution in [0.4, 0.5) is 0 Å². The summed E-state index contributed by atoms with van der Waals surface area (Å²) in [5.74, 6) is -0.296. The van der Waals surface area contributed by atoms with Gasteiger partial charge < -0.3 is 14.6 Å². The molecule has 0 saturated carbocycles. The zero-order valence-corrected chi connectivity index (χ0v) is 14.4. The quantitative estimate of drug-likeness (QED) is 0.847. The second-order valence-electron chi connectivity index (χ2n) is 7.25. The first-order valence-corrected chi connectivity index (χ1v) is 7.76. The van der Waals surface area contributed by atoms with E-state index < -0.39 is 29.2 Å². The van der Waals surface area contributed by atoms with Crippen LogP contribution < -0.4 is 4.74 Å². The molecule has 0 saturated heterocycles. The normalized spacial score (nSPS) is 21.5. The summed E-state index contributed by atoms with van der Waals surface area (Å²) >= 11 is 6.02. The summed E-state index contributed by atoms with van der Waals surface area (Å²) in [5, 5.41) is 11.1. The summed E-state index contributed by atoms with van der Waals surface area (Å²) in [6.07, 6.45) is -0.745. The van der Waals surface area contributed by atoms with Crippen molar-refractivity contribution in [3.8, 4) is 5.75 Å². The first-order valence-electron chi connectivity index (χ1n) is 7.38. The zero-order chi connectivity index (χ0) is 16.7. The molecule has 2 atom stereocenters. The molecule has 0 amide bonds. The smallest absolute Gasteiger partial charge is 0.335 e. The van der Waals surface area contributed by atoms with Crippen molar-refractivity contribution in [2.24, 2.45) is 5.92 Å². The molecule has 4 nitrogen and oxygen atoms in total. The number of hydrogen-bond acceptors (Lipinski definition) is 4. The van der Waals surface area contributed by atoms with Crippen molar-refractivity contribution >= 4 is 17.6 Å². The molecule has 0 bridgehead atoms. The minimum atomic E-state index is -1.25. The van der Waals surface area contributed by atoms with Crippen LogP contribution in [0, 0.1) is 5.92 Å². The number of benzene rings is 1. The van der Waals surface area contributed by atoms with Crippen LogP contribution in [0.25, 0.3) is 0 Å². The Labute approximate surface area is 136 Å². The number of carbonyl (C=O) groups is 1. The number of aliphatic hydroxyl groups excluding tert-OH is 1. The molecule has 1 aromatic carbocycles. The number of aliphatic hydroxyl groups is 1. The van der Waals surface area contributed by atoms with Crippen molar-refractivity contribution in [3.63, 3.8) is 0 Å². The van der Waals surface area contributed by atoms with Gasteiger partial charge in [0.1, 0.15) is 17.0 Å². The second kappa shape index (κ2) is 5.74. The second-order valence-corrected chi connectivity index (χ2v) is 7.68. The van der Waals surface area contributed by atoms with Crippen molar-refractivity contribution in [1.82, 2.24) is 0 Å². The van der Waals surface area contributed by atoms with Gasteiger partial charge in [-0.15, -0.1) is 0 Å². The summed E-state index contributed by atoms with van der Waals surface area (Å²) in [5.41, 5.74) is -0.435. The van der Waals surface area contributed by atoms with Gasteiger partial charge in [-0.2, -0.15) is 0 Å². The molecule has 1 unspecified atom stereocenters. The topological polar surface area (TPSA) is 55.8 Å². The molecule has 1 aromatic rings. The predicted octanol–water partition coefficient (Wildman–Crippen LogP) is 3.37. The van der Waals surface area contributed by atoms with E-state index in [1.807, 2.05) is 19.9 Å². The van der Waals surface area contributed by atoms with Crippen LogP contribution in [0.3, 0.4) is 0 Å². The number of carbonyl (C=O) groups excluding carboxylic acids is 1. The van der Waals surface area contributed by atoms with E-state index in [4.69, 9.17) is 21.1 Å². The van der Waals surface area contributed by atoms with Crippen molar-refractivity contribution in [1.29, 1.82) is 0 Å². The standard InChI is InChI=1S/C17H23ClO4/c1-16(2,3)22-15(20)14(19)12-9-10-8-11(18)6-7-13(10)21-17(12,4)5/h6-8,12,14,19H,9H2,1-5H3/t12?,14-/m0/s1. The highest BCUT2D eigenvalue weighted by Crippen LogP contribution is 2.40. The summed E-state index contributed by atoms with van der Waals surface area (Å²) in [6.45, 7) is 9.05. The van der Waals surface area contributed by atoms with Gasteiger partial charge in [-0.3, -0.25) is 0 Å². The zero-order valence-electron chi connectivity index (χ0n) is 13.6. The molecular formula is C17H23ClO4. The van der Waals surface area contributed by atoms with Gasteiger partial charge in [0, 0.05) is 10.9 Å². The van der Waals surface area contributed by atoms with Crippen LogP contribution >= 0.6 is 11.6 Å². The van der Waals surface area contributed by atoms with Gasteiger partial charge in [0.25, 0.3) is 0 Å². The van der Waals surface area contributed by atoms with E-state index in [-0.39, 0.29) is 0 Å². The Balaban J connectivity index is 2.25. The average molecular weight is 327 g/mol. The summed E-state index contributed by atoms with van der Waals surface area (Å²) in [7, 11) is 0. The lowest BCUT2D eigenvalue weighted by Crippen LogP contribution is -2.51. The molecule has 22 heavy (non-hydrogen) atoms. The molecule has 0 fully saturated rings. The van der Waals surface area contributed by atoms with E-state index in [0.29, 0.717) is 11.4 Å². The monoisotopic (exact) mass is 326 g/mol. The molecule has 0 radical (unpaired) electrons. The molecular weight excluding hydrogens is 304 g/mol. The fourth-order valence-electron chi connectivity index (χ4n) is 2.67. The van der Waals surface area contributed by atoms with Crippen molar-refractivity contribution in [2.75, 3.05) is 0 Å². The minimum Gasteiger partial charge on any atom is -0.487 e. The average Bonchev–Trinajstić information content (AvgIpc) is 2.35. The molecule has 1 heterocycles. The third-order valence-electron chi connectivity index (χ3n) is 3.76. The Morgan fingerprint density at radius 2 is 2.09 bits per heavy atom. The molecule has 1 aliphatic rings.